The van der Waals surface area contributed by atoms with Gasteiger partial charge >= 0.3 is 6.18 Å². The Morgan fingerprint density at radius 2 is 1.50 bits per heavy atom. The van der Waals surface area contributed by atoms with Crippen molar-refractivity contribution in [2.75, 3.05) is 5.75 Å². The fourth-order valence-corrected chi connectivity index (χ4v) is 5.73. The molecule has 0 aliphatic carbocycles. The van der Waals surface area contributed by atoms with Gasteiger partial charge in [0.1, 0.15) is 6.04 Å². The van der Waals surface area contributed by atoms with Crippen molar-refractivity contribution in [3.8, 4) is 0 Å². The molecule has 0 aliphatic heterocycles. The van der Waals surface area contributed by atoms with Crippen LogP contribution in [0, 0.1) is 34.6 Å². The Hall–Kier alpha value is -1.65. The standard InChI is InChI=1S/C18H22F3N3O2S2/c1-10-6-11(2)16(12(3)7-10)28(25,26)24-15(18(19,20)21)9-27-17-22-13(4)8-14(5)23-17/h6-8,15,24H,9H2,1-5H3. The summed E-state index contributed by atoms with van der Waals surface area (Å²) in [6.07, 6.45) is -4.76. The van der Waals surface area contributed by atoms with Gasteiger partial charge in [-0.3, -0.25) is 0 Å². The molecule has 1 unspecified atom stereocenters. The summed E-state index contributed by atoms with van der Waals surface area (Å²) in [5.41, 5.74) is 2.89. The summed E-state index contributed by atoms with van der Waals surface area (Å²) in [6.45, 7) is 8.35. The Labute approximate surface area is 167 Å². The molecule has 0 spiro atoms. The first-order valence-electron chi connectivity index (χ1n) is 8.41. The molecule has 2 aromatic rings. The summed E-state index contributed by atoms with van der Waals surface area (Å²) in [5.74, 6) is -0.574. The molecule has 0 fully saturated rings. The fraction of sp³-hybridized carbons (Fsp3) is 0.444. The minimum Gasteiger partial charge on any atom is -0.228 e. The summed E-state index contributed by atoms with van der Waals surface area (Å²) < 4.78 is 67.8. The number of hydrogen-bond donors (Lipinski definition) is 1. The maximum atomic E-state index is 13.5. The third kappa shape index (κ3) is 5.68. The van der Waals surface area contributed by atoms with E-state index in [4.69, 9.17) is 0 Å². The zero-order valence-electron chi connectivity index (χ0n) is 16.2. The average Bonchev–Trinajstić information content (AvgIpc) is 2.47. The lowest BCUT2D eigenvalue weighted by atomic mass is 10.1. The second kappa shape index (κ2) is 8.38. The fourth-order valence-electron chi connectivity index (χ4n) is 2.95. The van der Waals surface area contributed by atoms with E-state index in [2.05, 4.69) is 9.97 Å². The minimum atomic E-state index is -4.76. The second-order valence-corrected chi connectivity index (χ2v) is 9.33. The lowest BCUT2D eigenvalue weighted by molar-refractivity contribution is -0.145. The molecule has 0 amide bonds. The number of rotatable bonds is 6. The maximum absolute atomic E-state index is 13.5. The van der Waals surface area contributed by atoms with Crippen molar-refractivity contribution >= 4 is 21.8 Å². The van der Waals surface area contributed by atoms with Crippen LogP contribution in [0.2, 0.25) is 0 Å². The largest absolute Gasteiger partial charge is 0.405 e. The first kappa shape index (κ1) is 22.6. The van der Waals surface area contributed by atoms with Gasteiger partial charge < -0.3 is 0 Å². The highest BCUT2D eigenvalue weighted by atomic mass is 32.2. The number of nitrogens with one attached hydrogen (secondary N) is 1. The van der Waals surface area contributed by atoms with E-state index in [1.807, 2.05) is 4.72 Å². The van der Waals surface area contributed by atoms with Crippen LogP contribution in [0.5, 0.6) is 0 Å². The predicted octanol–water partition coefficient (Wildman–Crippen LogP) is 4.02. The molecule has 0 bridgehead atoms. The second-order valence-electron chi connectivity index (χ2n) is 6.69. The van der Waals surface area contributed by atoms with Gasteiger partial charge in [-0.1, -0.05) is 29.5 Å². The van der Waals surface area contributed by atoms with Crippen molar-refractivity contribution in [1.29, 1.82) is 0 Å². The van der Waals surface area contributed by atoms with Crippen molar-refractivity contribution in [1.82, 2.24) is 14.7 Å². The zero-order valence-corrected chi connectivity index (χ0v) is 17.8. The summed E-state index contributed by atoms with van der Waals surface area (Å²) >= 11 is 0.761. The Morgan fingerprint density at radius 1 is 1.00 bits per heavy atom. The van der Waals surface area contributed by atoms with Crippen molar-refractivity contribution in [2.45, 2.75) is 56.9 Å². The number of nitrogens with zero attached hydrogens (tertiary/aromatic N) is 2. The van der Waals surface area contributed by atoms with E-state index in [-0.39, 0.29) is 10.1 Å². The molecule has 0 saturated heterocycles. The molecular weight excluding hydrogens is 411 g/mol. The third-order valence-electron chi connectivity index (χ3n) is 3.91. The molecule has 0 radical (unpaired) electrons. The normalized spacial score (nSPS) is 13.6. The van der Waals surface area contributed by atoms with Crippen LogP contribution >= 0.6 is 11.8 Å². The molecule has 2 rings (SSSR count). The smallest absolute Gasteiger partial charge is 0.228 e. The van der Waals surface area contributed by atoms with Crippen molar-refractivity contribution in [2.24, 2.45) is 0 Å². The monoisotopic (exact) mass is 433 g/mol. The quantitative estimate of drug-likeness (QED) is 0.550. The highest BCUT2D eigenvalue weighted by Gasteiger charge is 2.43. The van der Waals surface area contributed by atoms with Gasteiger partial charge in [0, 0.05) is 17.1 Å². The lowest BCUT2D eigenvalue weighted by Gasteiger charge is -2.22. The minimum absolute atomic E-state index is 0.125. The van der Waals surface area contributed by atoms with Crippen LogP contribution in [-0.4, -0.2) is 36.4 Å². The Bertz CT molecular complexity index is 933. The number of alkyl halides is 3. The highest BCUT2D eigenvalue weighted by molar-refractivity contribution is 7.99. The zero-order chi connectivity index (χ0) is 21.3. The van der Waals surface area contributed by atoms with E-state index in [1.165, 1.54) is 0 Å². The Balaban J connectivity index is 2.29. The van der Waals surface area contributed by atoms with Crippen LogP contribution in [0.3, 0.4) is 0 Å². The number of halogens is 3. The first-order valence-corrected chi connectivity index (χ1v) is 10.9. The number of benzene rings is 1. The molecule has 1 aromatic carbocycles. The summed E-state index contributed by atoms with van der Waals surface area (Å²) in [6, 6.07) is 2.69. The summed E-state index contributed by atoms with van der Waals surface area (Å²) in [4.78, 5) is 8.05. The number of aromatic nitrogens is 2. The summed E-state index contributed by atoms with van der Waals surface area (Å²) in [5, 5.41) is 0.175. The molecular formula is C18H22F3N3O2S2. The molecule has 10 heteroatoms. The van der Waals surface area contributed by atoms with Gasteiger partial charge in [-0.2, -0.15) is 17.9 Å². The van der Waals surface area contributed by atoms with Crippen LogP contribution in [-0.2, 0) is 10.0 Å². The number of hydrogen-bond acceptors (Lipinski definition) is 5. The molecule has 1 aromatic heterocycles. The number of aryl methyl sites for hydroxylation is 5. The highest BCUT2D eigenvalue weighted by Crippen LogP contribution is 2.29. The van der Waals surface area contributed by atoms with E-state index in [1.54, 1.807) is 52.8 Å². The van der Waals surface area contributed by atoms with Crippen LogP contribution < -0.4 is 4.72 Å². The van der Waals surface area contributed by atoms with Gasteiger partial charge in [0.05, 0.1) is 4.90 Å². The van der Waals surface area contributed by atoms with Crippen LogP contribution in [0.15, 0.2) is 28.3 Å². The molecule has 0 saturated carbocycles. The summed E-state index contributed by atoms with van der Waals surface area (Å²) in [7, 11) is -4.37. The van der Waals surface area contributed by atoms with Crippen LogP contribution in [0.4, 0.5) is 13.2 Å². The molecule has 5 nitrogen and oxygen atoms in total. The van der Waals surface area contributed by atoms with Crippen LogP contribution in [0.25, 0.3) is 0 Å². The molecule has 1 heterocycles. The Kier molecular flexibility index (Phi) is 6.78. The molecule has 154 valence electrons. The van der Waals surface area contributed by atoms with E-state index in [0.29, 0.717) is 22.5 Å². The van der Waals surface area contributed by atoms with E-state index >= 15 is 0 Å². The molecule has 1 N–H and O–H groups in total. The Morgan fingerprint density at radius 3 is 1.96 bits per heavy atom. The van der Waals surface area contributed by atoms with Gasteiger partial charge in [-0.05, 0) is 51.8 Å². The van der Waals surface area contributed by atoms with Gasteiger partial charge in [0.2, 0.25) is 10.0 Å². The number of thioether (sulfide) groups is 1. The van der Waals surface area contributed by atoms with E-state index in [0.717, 1.165) is 17.3 Å². The van der Waals surface area contributed by atoms with E-state index in [9.17, 15) is 21.6 Å². The molecule has 28 heavy (non-hydrogen) atoms. The van der Waals surface area contributed by atoms with Gasteiger partial charge in [0.25, 0.3) is 0 Å². The SMILES string of the molecule is Cc1cc(C)c(S(=O)(=O)NC(CSc2nc(C)cc(C)n2)C(F)(F)F)c(C)c1. The molecule has 0 aliphatic rings. The van der Waals surface area contributed by atoms with Gasteiger partial charge in [0.15, 0.2) is 5.16 Å². The molecule has 1 atom stereocenters. The van der Waals surface area contributed by atoms with E-state index < -0.39 is 28.0 Å². The van der Waals surface area contributed by atoms with Crippen molar-refractivity contribution in [3.05, 3.63) is 46.3 Å². The van der Waals surface area contributed by atoms with Gasteiger partial charge in [-0.15, -0.1) is 0 Å². The maximum Gasteiger partial charge on any atom is 0.405 e. The average molecular weight is 434 g/mol. The first-order chi connectivity index (χ1) is 12.8. The predicted molar refractivity (Wildman–Crippen MR) is 103 cm³/mol. The van der Waals surface area contributed by atoms with Crippen LogP contribution in [0.1, 0.15) is 28.1 Å². The van der Waals surface area contributed by atoms with Crippen molar-refractivity contribution in [3.63, 3.8) is 0 Å². The van der Waals surface area contributed by atoms with Gasteiger partial charge in [-0.25, -0.2) is 18.4 Å². The van der Waals surface area contributed by atoms with Crippen molar-refractivity contribution < 1.29 is 21.6 Å². The third-order valence-corrected chi connectivity index (χ3v) is 6.62. The number of sulfonamides is 1. The lowest BCUT2D eigenvalue weighted by Crippen LogP contribution is -2.47. The topological polar surface area (TPSA) is 72.0 Å².